The molecule has 0 aliphatic rings. The van der Waals surface area contributed by atoms with E-state index in [1.165, 1.54) is 22.3 Å². The molecule has 1 unspecified atom stereocenters. The van der Waals surface area contributed by atoms with Gasteiger partial charge in [0.1, 0.15) is 0 Å². The molecule has 0 aromatic carbocycles. The highest BCUT2D eigenvalue weighted by atomic mass is 32.1. The monoisotopic (exact) mass is 472 g/mol. The van der Waals surface area contributed by atoms with E-state index in [0.29, 0.717) is 0 Å². The fourth-order valence-corrected chi connectivity index (χ4v) is 4.05. The molecule has 176 valence electrons. The van der Waals surface area contributed by atoms with E-state index < -0.39 is 0 Å². The van der Waals surface area contributed by atoms with Crippen LogP contribution < -0.4 is 4.74 Å². The first kappa shape index (κ1) is 28.2. The van der Waals surface area contributed by atoms with Gasteiger partial charge >= 0.3 is 0 Å². The lowest BCUT2D eigenvalue weighted by molar-refractivity contribution is 0.225. The van der Waals surface area contributed by atoms with Gasteiger partial charge in [0.05, 0.1) is 6.10 Å². The molecule has 0 amide bonds. The summed E-state index contributed by atoms with van der Waals surface area (Å²) in [4.78, 5) is 0. The number of rotatable bonds is 11. The summed E-state index contributed by atoms with van der Waals surface area (Å²) in [6, 6.07) is 7.88. The zero-order valence-corrected chi connectivity index (χ0v) is 22.2. The Morgan fingerprint density at radius 1 is 0.812 bits per heavy atom. The molecule has 0 saturated heterocycles. The molecule has 0 radical (unpaired) electrons. The molecule has 0 aliphatic carbocycles. The average molecular weight is 473 g/mol. The summed E-state index contributed by atoms with van der Waals surface area (Å²) in [7, 11) is 0. The molecular formula is C28H40O2S2. The predicted octanol–water partition coefficient (Wildman–Crippen LogP) is 9.72. The Morgan fingerprint density at radius 3 is 1.75 bits per heavy atom. The second kappa shape index (κ2) is 16.7. The van der Waals surface area contributed by atoms with E-state index in [9.17, 15) is 5.11 Å². The fourth-order valence-electron chi connectivity index (χ4n) is 2.82. The minimum Gasteiger partial charge on any atom is -0.436 e. The molecule has 2 aromatic heterocycles. The first-order valence-electron chi connectivity index (χ1n) is 11.3. The molecule has 0 spiro atoms. The van der Waals surface area contributed by atoms with Crippen LogP contribution >= 0.6 is 22.7 Å². The lowest BCUT2D eigenvalue weighted by atomic mass is 10.0. The molecule has 32 heavy (non-hydrogen) atoms. The van der Waals surface area contributed by atoms with Gasteiger partial charge in [0.15, 0.2) is 10.1 Å². The summed E-state index contributed by atoms with van der Waals surface area (Å²) in [6.45, 7) is 12.8. The van der Waals surface area contributed by atoms with Gasteiger partial charge < -0.3 is 9.84 Å². The number of aliphatic hydroxyl groups excluding tert-OH is 1. The van der Waals surface area contributed by atoms with Gasteiger partial charge in [0.25, 0.3) is 0 Å². The quantitative estimate of drug-likeness (QED) is 0.330. The topological polar surface area (TPSA) is 29.5 Å². The third-order valence-corrected chi connectivity index (χ3v) is 6.05. The van der Waals surface area contributed by atoms with E-state index in [-0.39, 0.29) is 6.10 Å². The summed E-state index contributed by atoms with van der Waals surface area (Å²) >= 11 is 3.21. The van der Waals surface area contributed by atoms with E-state index in [1.807, 2.05) is 41.1 Å². The standard InChI is InChI=1S/C20H34O.C8H6OS2/c1-16(2)9-7-11-18(5)13-14-20(21)15-19(6)12-8-10-17(3)4;1-3-7(10-5-1)9-8-4-2-6-11-8/h9-10,13,15,20-21H,7-8,11-12,14H2,1-6H3;1-6H/b18-13+,19-15+;. The molecule has 4 heteroatoms. The van der Waals surface area contributed by atoms with Gasteiger partial charge in [0, 0.05) is 0 Å². The van der Waals surface area contributed by atoms with Gasteiger partial charge in [-0.3, -0.25) is 0 Å². The maximum atomic E-state index is 10.0. The van der Waals surface area contributed by atoms with Crippen molar-refractivity contribution in [2.45, 2.75) is 79.8 Å². The highest BCUT2D eigenvalue weighted by molar-refractivity contribution is 7.13. The number of allylic oxidation sites excluding steroid dienone is 6. The first-order chi connectivity index (χ1) is 15.3. The zero-order chi connectivity index (χ0) is 23.8. The second-order valence-electron chi connectivity index (χ2n) is 8.47. The Balaban J connectivity index is 0.000000382. The van der Waals surface area contributed by atoms with Gasteiger partial charge in [-0.15, -0.1) is 22.7 Å². The van der Waals surface area contributed by atoms with E-state index in [0.717, 1.165) is 42.2 Å². The second-order valence-corrected chi connectivity index (χ2v) is 10.3. The molecular weight excluding hydrogens is 432 g/mol. The van der Waals surface area contributed by atoms with Crippen LogP contribution in [0, 0.1) is 0 Å². The van der Waals surface area contributed by atoms with E-state index >= 15 is 0 Å². The van der Waals surface area contributed by atoms with Gasteiger partial charge in [-0.2, -0.15) is 0 Å². The summed E-state index contributed by atoms with van der Waals surface area (Å²) in [5.41, 5.74) is 5.37. The van der Waals surface area contributed by atoms with Crippen molar-refractivity contribution < 1.29 is 9.84 Å². The van der Waals surface area contributed by atoms with Gasteiger partial charge in [-0.05, 0) is 109 Å². The first-order valence-corrected chi connectivity index (χ1v) is 13.0. The molecule has 2 rings (SSSR count). The molecule has 2 nitrogen and oxygen atoms in total. The van der Waals surface area contributed by atoms with Crippen LogP contribution in [0.25, 0.3) is 0 Å². The molecule has 0 fully saturated rings. The molecule has 1 N–H and O–H groups in total. The van der Waals surface area contributed by atoms with Crippen molar-refractivity contribution in [3.63, 3.8) is 0 Å². The molecule has 2 aromatic rings. The number of hydrogen-bond donors (Lipinski definition) is 1. The average Bonchev–Trinajstić information content (AvgIpc) is 3.41. The smallest absolute Gasteiger partial charge is 0.182 e. The minimum atomic E-state index is -0.352. The Bertz CT molecular complexity index is 813. The number of aliphatic hydroxyl groups is 1. The van der Waals surface area contributed by atoms with Crippen molar-refractivity contribution in [3.05, 3.63) is 81.6 Å². The van der Waals surface area contributed by atoms with Crippen LogP contribution in [0.1, 0.15) is 73.6 Å². The fraction of sp³-hybridized carbons (Fsp3) is 0.429. The molecule has 0 saturated carbocycles. The van der Waals surface area contributed by atoms with Gasteiger partial charge in [-0.25, -0.2) is 0 Å². The maximum absolute atomic E-state index is 10.0. The normalized spacial score (nSPS) is 12.5. The van der Waals surface area contributed by atoms with Crippen molar-refractivity contribution in [1.82, 2.24) is 0 Å². The van der Waals surface area contributed by atoms with Crippen LogP contribution in [0.2, 0.25) is 0 Å². The zero-order valence-electron chi connectivity index (χ0n) is 20.6. The molecule has 1 atom stereocenters. The van der Waals surface area contributed by atoms with Crippen LogP contribution in [0.4, 0.5) is 0 Å². The molecule has 0 aliphatic heterocycles. The Kier molecular flexibility index (Phi) is 14.7. The number of thiophene rings is 2. The summed E-state index contributed by atoms with van der Waals surface area (Å²) in [5, 5.41) is 16.0. The highest BCUT2D eigenvalue weighted by Crippen LogP contribution is 2.29. The van der Waals surface area contributed by atoms with Gasteiger partial charge in [-0.1, -0.05) is 46.6 Å². The van der Waals surface area contributed by atoms with Crippen LogP contribution in [-0.4, -0.2) is 11.2 Å². The van der Waals surface area contributed by atoms with Crippen LogP contribution in [0.5, 0.6) is 10.1 Å². The summed E-state index contributed by atoms with van der Waals surface area (Å²) in [6.07, 6.45) is 13.3. The molecule has 2 heterocycles. The Hall–Kier alpha value is -1.88. The van der Waals surface area contributed by atoms with Crippen molar-refractivity contribution in [2.75, 3.05) is 0 Å². The van der Waals surface area contributed by atoms with Crippen LogP contribution in [0.3, 0.4) is 0 Å². The molecule has 0 bridgehead atoms. The number of ether oxygens (including phenoxy) is 1. The van der Waals surface area contributed by atoms with E-state index in [4.69, 9.17) is 4.74 Å². The largest absolute Gasteiger partial charge is 0.436 e. The van der Waals surface area contributed by atoms with Crippen molar-refractivity contribution >= 4 is 22.7 Å². The highest BCUT2D eigenvalue weighted by Gasteiger charge is 2.00. The van der Waals surface area contributed by atoms with E-state index in [1.54, 1.807) is 22.7 Å². The third kappa shape index (κ3) is 15.0. The predicted molar refractivity (Wildman–Crippen MR) is 144 cm³/mol. The Labute approximate surface area is 203 Å². The SMILES string of the molecule is CC(C)=CCC/C(C)=C/CC(O)/C=C(\C)CCC=C(C)C.c1csc(Oc2cccs2)c1. The lowest BCUT2D eigenvalue weighted by Crippen LogP contribution is -2.01. The van der Waals surface area contributed by atoms with Crippen molar-refractivity contribution in [3.8, 4) is 10.1 Å². The van der Waals surface area contributed by atoms with Crippen molar-refractivity contribution in [1.29, 1.82) is 0 Å². The number of hydrogen-bond acceptors (Lipinski definition) is 4. The van der Waals surface area contributed by atoms with Crippen LogP contribution in [0.15, 0.2) is 81.6 Å². The Morgan fingerprint density at radius 2 is 1.31 bits per heavy atom. The van der Waals surface area contributed by atoms with Crippen LogP contribution in [-0.2, 0) is 0 Å². The van der Waals surface area contributed by atoms with E-state index in [2.05, 4.69) is 59.8 Å². The van der Waals surface area contributed by atoms with Crippen molar-refractivity contribution in [2.24, 2.45) is 0 Å². The lowest BCUT2D eigenvalue weighted by Gasteiger charge is -2.06. The summed E-state index contributed by atoms with van der Waals surface area (Å²) < 4.78 is 5.50. The maximum Gasteiger partial charge on any atom is 0.182 e. The summed E-state index contributed by atoms with van der Waals surface area (Å²) in [5.74, 6) is 0. The minimum absolute atomic E-state index is 0.352. The van der Waals surface area contributed by atoms with Gasteiger partial charge in [0.2, 0.25) is 0 Å². The third-order valence-electron chi connectivity index (χ3n) is 4.56.